The van der Waals surface area contributed by atoms with Gasteiger partial charge >= 0.3 is 0 Å². The maximum Gasteiger partial charge on any atom is 0.264 e. The fraction of sp³-hybridized carbons (Fsp3) is 0.278. The number of unbranched alkanes of at least 4 members (excludes halogenated alkanes) is 1. The second-order valence-electron chi connectivity index (χ2n) is 11.0. The molecule has 48 heavy (non-hydrogen) atoms. The lowest BCUT2D eigenvalue weighted by Crippen LogP contribution is -2.53. The molecule has 4 rings (SSSR count). The Kier molecular flexibility index (Phi) is 13.8. The average molecular weight is 776 g/mol. The molecule has 0 aliphatic rings. The largest absolute Gasteiger partial charge is 0.494 e. The second-order valence-corrected chi connectivity index (χ2v) is 14.6. The first-order valence-corrected chi connectivity index (χ1v) is 18.6. The summed E-state index contributed by atoms with van der Waals surface area (Å²) >= 11 is 15.9. The van der Waals surface area contributed by atoms with E-state index < -0.39 is 28.5 Å². The quantitative estimate of drug-likeness (QED) is 0.117. The number of hydrogen-bond donors (Lipinski definition) is 1. The van der Waals surface area contributed by atoms with Crippen LogP contribution in [-0.4, -0.2) is 50.9 Å². The number of ether oxygens (including phenoxy) is 1. The summed E-state index contributed by atoms with van der Waals surface area (Å²) in [5.41, 5.74) is 1.72. The molecule has 0 bridgehead atoms. The Hall–Kier alpha value is -3.57. The number of carbonyl (C=O) groups excluding carboxylic acids is 2. The van der Waals surface area contributed by atoms with Gasteiger partial charge in [-0.15, -0.1) is 0 Å². The molecule has 2 amide bonds. The molecular weight excluding hydrogens is 737 g/mol. The highest BCUT2D eigenvalue weighted by Gasteiger charge is 2.34. The Morgan fingerprint density at radius 3 is 2.19 bits per heavy atom. The molecule has 4 aromatic carbocycles. The topological polar surface area (TPSA) is 96.0 Å². The van der Waals surface area contributed by atoms with Crippen LogP contribution in [0, 0.1) is 0 Å². The van der Waals surface area contributed by atoms with Gasteiger partial charge in [0.05, 0.1) is 27.2 Å². The number of sulfonamides is 1. The van der Waals surface area contributed by atoms with E-state index in [0.717, 1.165) is 22.7 Å². The summed E-state index contributed by atoms with van der Waals surface area (Å²) in [4.78, 5) is 29.9. The zero-order valence-corrected chi connectivity index (χ0v) is 30.7. The molecule has 0 heterocycles. The van der Waals surface area contributed by atoms with Crippen LogP contribution in [0.2, 0.25) is 10.0 Å². The molecule has 0 unspecified atom stereocenters. The Balaban J connectivity index is 1.80. The zero-order chi connectivity index (χ0) is 34.7. The van der Waals surface area contributed by atoms with E-state index in [-0.39, 0.29) is 29.5 Å². The Labute approximate surface area is 301 Å². The van der Waals surface area contributed by atoms with E-state index in [1.807, 2.05) is 44.2 Å². The highest BCUT2D eigenvalue weighted by molar-refractivity contribution is 9.10. The van der Waals surface area contributed by atoms with Crippen LogP contribution in [0.15, 0.2) is 106 Å². The number of carbonyl (C=O) groups is 2. The molecule has 0 aliphatic carbocycles. The van der Waals surface area contributed by atoms with Crippen molar-refractivity contribution in [3.05, 3.63) is 123 Å². The molecule has 0 radical (unpaired) electrons. The normalized spacial score (nSPS) is 11.9. The minimum Gasteiger partial charge on any atom is -0.494 e. The maximum atomic E-state index is 14.6. The molecule has 0 fully saturated rings. The molecule has 0 spiro atoms. The van der Waals surface area contributed by atoms with Crippen molar-refractivity contribution in [1.82, 2.24) is 10.2 Å². The van der Waals surface area contributed by atoms with Crippen molar-refractivity contribution in [3.8, 4) is 5.75 Å². The summed E-state index contributed by atoms with van der Waals surface area (Å²) in [6.07, 6.45) is 1.84. The lowest BCUT2D eigenvalue weighted by atomic mass is 10.0. The van der Waals surface area contributed by atoms with Crippen molar-refractivity contribution in [2.75, 3.05) is 24.0 Å². The monoisotopic (exact) mass is 773 g/mol. The van der Waals surface area contributed by atoms with Crippen molar-refractivity contribution in [2.24, 2.45) is 0 Å². The van der Waals surface area contributed by atoms with Gasteiger partial charge in [0.15, 0.2) is 0 Å². The molecule has 0 aliphatic heterocycles. The summed E-state index contributed by atoms with van der Waals surface area (Å²) < 4.78 is 35.8. The molecule has 8 nitrogen and oxygen atoms in total. The van der Waals surface area contributed by atoms with Gasteiger partial charge in [-0.2, -0.15) is 0 Å². The van der Waals surface area contributed by atoms with E-state index in [4.69, 9.17) is 27.9 Å². The van der Waals surface area contributed by atoms with Crippen molar-refractivity contribution >= 4 is 66.7 Å². The predicted octanol–water partition coefficient (Wildman–Crippen LogP) is 7.91. The molecule has 0 aromatic heterocycles. The number of rotatable bonds is 16. The van der Waals surface area contributed by atoms with Crippen LogP contribution in [0.4, 0.5) is 5.69 Å². The highest BCUT2D eigenvalue weighted by Crippen LogP contribution is 2.29. The van der Waals surface area contributed by atoms with Crippen LogP contribution >= 0.6 is 39.1 Å². The van der Waals surface area contributed by atoms with Crippen LogP contribution < -0.4 is 14.4 Å². The highest BCUT2D eigenvalue weighted by atomic mass is 79.9. The van der Waals surface area contributed by atoms with Crippen LogP contribution in [0.3, 0.4) is 0 Å². The zero-order valence-electron chi connectivity index (χ0n) is 26.7. The van der Waals surface area contributed by atoms with Gasteiger partial charge in [0.25, 0.3) is 10.0 Å². The number of hydrogen-bond acceptors (Lipinski definition) is 5. The minimum absolute atomic E-state index is 0.00145. The molecule has 254 valence electrons. The Morgan fingerprint density at radius 2 is 1.56 bits per heavy atom. The third kappa shape index (κ3) is 9.98. The third-order valence-electron chi connectivity index (χ3n) is 7.55. The molecule has 1 N–H and O–H groups in total. The molecular formula is C36H38BrCl2N3O5S. The number of benzene rings is 4. The predicted molar refractivity (Wildman–Crippen MR) is 195 cm³/mol. The van der Waals surface area contributed by atoms with Gasteiger partial charge in [-0.25, -0.2) is 8.42 Å². The number of halogens is 3. The lowest BCUT2D eigenvalue weighted by Gasteiger charge is -2.34. The number of amides is 2. The van der Waals surface area contributed by atoms with E-state index in [1.54, 1.807) is 54.6 Å². The summed E-state index contributed by atoms with van der Waals surface area (Å²) in [7, 11) is -4.25. The lowest BCUT2D eigenvalue weighted by molar-refractivity contribution is -0.140. The van der Waals surface area contributed by atoms with E-state index in [1.165, 1.54) is 17.0 Å². The smallest absolute Gasteiger partial charge is 0.264 e. The van der Waals surface area contributed by atoms with Crippen LogP contribution in [0.5, 0.6) is 5.75 Å². The Morgan fingerprint density at radius 1 is 0.875 bits per heavy atom. The fourth-order valence-electron chi connectivity index (χ4n) is 5.03. The Bertz CT molecular complexity index is 1780. The van der Waals surface area contributed by atoms with Gasteiger partial charge in [0, 0.05) is 24.0 Å². The summed E-state index contributed by atoms with van der Waals surface area (Å²) in [6.45, 7) is 4.14. The number of anilines is 1. The van der Waals surface area contributed by atoms with Crippen LogP contribution in [0.25, 0.3) is 0 Å². The van der Waals surface area contributed by atoms with Crippen molar-refractivity contribution in [1.29, 1.82) is 0 Å². The first-order chi connectivity index (χ1) is 23.0. The van der Waals surface area contributed by atoms with E-state index in [9.17, 15) is 18.0 Å². The van der Waals surface area contributed by atoms with Gasteiger partial charge in [-0.3, -0.25) is 13.9 Å². The summed E-state index contributed by atoms with van der Waals surface area (Å²) in [5.74, 6) is -0.368. The van der Waals surface area contributed by atoms with Gasteiger partial charge in [-0.05, 0) is 85.1 Å². The average Bonchev–Trinajstić information content (AvgIpc) is 3.08. The maximum absolute atomic E-state index is 14.6. The molecule has 4 aromatic rings. The van der Waals surface area contributed by atoms with Gasteiger partial charge in [0.1, 0.15) is 18.3 Å². The van der Waals surface area contributed by atoms with Crippen molar-refractivity contribution in [3.63, 3.8) is 0 Å². The van der Waals surface area contributed by atoms with Crippen molar-refractivity contribution in [2.45, 2.75) is 50.6 Å². The molecule has 0 saturated carbocycles. The number of nitrogens with one attached hydrogen (secondary N) is 1. The number of nitrogens with zero attached hydrogens (tertiary/aromatic N) is 2. The van der Waals surface area contributed by atoms with Crippen molar-refractivity contribution < 1.29 is 22.7 Å². The van der Waals surface area contributed by atoms with Gasteiger partial charge in [0.2, 0.25) is 11.8 Å². The van der Waals surface area contributed by atoms with E-state index in [0.29, 0.717) is 39.0 Å². The van der Waals surface area contributed by atoms with Gasteiger partial charge in [-0.1, -0.05) is 88.9 Å². The molecule has 1 atom stereocenters. The van der Waals surface area contributed by atoms with Gasteiger partial charge < -0.3 is 15.0 Å². The fourth-order valence-corrected chi connectivity index (χ4v) is 7.03. The SMILES string of the molecule is CCCCNC(=O)[C@@H](Cc1ccccc1)N(Cc1ccc(Cl)c(Cl)c1)C(=O)CN(c1ccc(OCC)cc1)S(=O)(=O)c1ccc(Br)cc1. The second kappa shape index (κ2) is 17.7. The molecule has 12 heteroatoms. The minimum atomic E-state index is -4.25. The summed E-state index contributed by atoms with van der Waals surface area (Å²) in [6, 6.07) is 26.1. The summed E-state index contributed by atoms with van der Waals surface area (Å²) in [5, 5.41) is 3.62. The van der Waals surface area contributed by atoms with Crippen LogP contribution in [0.1, 0.15) is 37.8 Å². The first kappa shape index (κ1) is 37.3. The van der Waals surface area contributed by atoms with E-state index in [2.05, 4.69) is 21.2 Å². The standard InChI is InChI=1S/C36H38BrCl2N3O5S/c1-3-5-21-40-36(44)34(23-26-9-7-6-8-10-26)41(24-27-11-20-32(38)33(39)22-27)35(43)25-42(29-14-16-30(17-15-29)47-4-2)48(45,46)31-18-12-28(37)13-19-31/h6-20,22,34H,3-5,21,23-25H2,1-2H3,(H,40,44)/t34-/m1/s1. The molecule has 0 saturated heterocycles. The first-order valence-electron chi connectivity index (χ1n) is 15.6. The van der Waals surface area contributed by atoms with Crippen LogP contribution in [-0.2, 0) is 32.6 Å². The third-order valence-corrected chi connectivity index (χ3v) is 10.6. The van der Waals surface area contributed by atoms with E-state index >= 15 is 0 Å².